The van der Waals surface area contributed by atoms with Gasteiger partial charge in [-0.1, -0.05) is 37.1 Å². The fourth-order valence-electron chi connectivity index (χ4n) is 3.92. The summed E-state index contributed by atoms with van der Waals surface area (Å²) in [4.78, 5) is 52.6. The standard InChI is InChI=1S/C24H28FN3O5S/c1-2-33-21(30)15-28(20(29)14-26-23(31)19-12-7-13-34-19)22(17-10-5-6-11-18(17)25)24(32)27-16-8-3-4-9-16/h5-7,10-13,16,22H,2-4,8-9,14-15H2,1H3,(H,26,31)(H,27,32)/t22-/m1/s1. The molecule has 1 aliphatic rings. The Morgan fingerprint density at radius 1 is 1.15 bits per heavy atom. The van der Waals surface area contributed by atoms with Gasteiger partial charge in [0, 0.05) is 11.6 Å². The van der Waals surface area contributed by atoms with Gasteiger partial charge >= 0.3 is 5.97 Å². The first-order valence-corrected chi connectivity index (χ1v) is 12.1. The first kappa shape index (κ1) is 25.4. The van der Waals surface area contributed by atoms with Crippen LogP contribution in [0.1, 0.15) is 53.9 Å². The van der Waals surface area contributed by atoms with Gasteiger partial charge in [0.2, 0.25) is 11.8 Å². The van der Waals surface area contributed by atoms with E-state index < -0.39 is 48.6 Å². The maximum absolute atomic E-state index is 14.8. The van der Waals surface area contributed by atoms with E-state index in [0.717, 1.165) is 30.6 Å². The van der Waals surface area contributed by atoms with Crippen LogP contribution in [0.4, 0.5) is 4.39 Å². The molecule has 1 heterocycles. The minimum Gasteiger partial charge on any atom is -0.465 e. The molecule has 0 spiro atoms. The summed E-state index contributed by atoms with van der Waals surface area (Å²) >= 11 is 1.21. The Hall–Kier alpha value is -3.27. The van der Waals surface area contributed by atoms with Crippen molar-refractivity contribution in [1.82, 2.24) is 15.5 Å². The van der Waals surface area contributed by atoms with E-state index in [2.05, 4.69) is 10.6 Å². The largest absolute Gasteiger partial charge is 0.465 e. The van der Waals surface area contributed by atoms with Gasteiger partial charge in [-0.2, -0.15) is 0 Å². The van der Waals surface area contributed by atoms with Gasteiger partial charge in [0.25, 0.3) is 5.91 Å². The summed E-state index contributed by atoms with van der Waals surface area (Å²) in [7, 11) is 0. The second-order valence-electron chi connectivity index (χ2n) is 7.90. The number of ether oxygens (including phenoxy) is 1. The third kappa shape index (κ3) is 6.63. The first-order chi connectivity index (χ1) is 16.4. The molecule has 8 nitrogen and oxygen atoms in total. The molecule has 1 aliphatic carbocycles. The number of nitrogens with one attached hydrogen (secondary N) is 2. The van der Waals surface area contributed by atoms with Gasteiger partial charge in [0.05, 0.1) is 18.0 Å². The van der Waals surface area contributed by atoms with Crippen LogP contribution >= 0.6 is 11.3 Å². The maximum atomic E-state index is 14.8. The number of benzene rings is 1. The van der Waals surface area contributed by atoms with Gasteiger partial charge in [-0.15, -0.1) is 11.3 Å². The van der Waals surface area contributed by atoms with Crippen molar-refractivity contribution in [3.8, 4) is 0 Å². The van der Waals surface area contributed by atoms with Crippen LogP contribution in [0.3, 0.4) is 0 Å². The number of carbonyl (C=O) groups is 4. The van der Waals surface area contributed by atoms with Gasteiger partial charge in [0.15, 0.2) is 0 Å². The molecule has 3 rings (SSSR count). The average Bonchev–Trinajstić information content (AvgIpc) is 3.53. The fraction of sp³-hybridized carbons (Fsp3) is 0.417. The van der Waals surface area contributed by atoms with Crippen molar-refractivity contribution in [1.29, 1.82) is 0 Å². The molecule has 2 aromatic rings. The lowest BCUT2D eigenvalue weighted by Gasteiger charge is -2.31. The predicted octanol–water partition coefficient (Wildman–Crippen LogP) is 2.81. The number of hydrogen-bond donors (Lipinski definition) is 2. The van der Waals surface area contributed by atoms with Crippen molar-refractivity contribution < 1.29 is 28.3 Å². The Labute approximate surface area is 201 Å². The number of amides is 3. The molecule has 1 aromatic carbocycles. The van der Waals surface area contributed by atoms with Crippen LogP contribution in [-0.4, -0.2) is 54.3 Å². The van der Waals surface area contributed by atoms with Crippen LogP contribution in [0, 0.1) is 5.82 Å². The third-order valence-electron chi connectivity index (χ3n) is 5.53. The number of rotatable bonds is 10. The van der Waals surface area contributed by atoms with Crippen molar-refractivity contribution in [3.05, 3.63) is 58.0 Å². The van der Waals surface area contributed by atoms with Crippen LogP contribution in [-0.2, 0) is 19.1 Å². The third-order valence-corrected chi connectivity index (χ3v) is 6.40. The summed E-state index contributed by atoms with van der Waals surface area (Å²) in [6.07, 6.45) is 3.52. The van der Waals surface area contributed by atoms with Gasteiger partial charge in [-0.3, -0.25) is 19.2 Å². The van der Waals surface area contributed by atoms with Gasteiger partial charge in [-0.05, 0) is 37.3 Å². The number of hydrogen-bond acceptors (Lipinski definition) is 6. The summed E-state index contributed by atoms with van der Waals surface area (Å²) in [5, 5.41) is 7.13. The Morgan fingerprint density at radius 3 is 2.53 bits per heavy atom. The van der Waals surface area contributed by atoms with E-state index in [1.807, 2.05) is 0 Å². The summed E-state index contributed by atoms with van der Waals surface area (Å²) in [6.45, 7) is 0.650. The van der Waals surface area contributed by atoms with Gasteiger partial charge in [0.1, 0.15) is 18.4 Å². The minimum atomic E-state index is -1.41. The zero-order valence-electron chi connectivity index (χ0n) is 18.9. The zero-order valence-corrected chi connectivity index (χ0v) is 19.7. The molecule has 0 radical (unpaired) electrons. The molecule has 2 N–H and O–H groups in total. The molecule has 1 fully saturated rings. The molecule has 0 bridgehead atoms. The van der Waals surface area contributed by atoms with E-state index in [1.54, 1.807) is 30.5 Å². The first-order valence-electron chi connectivity index (χ1n) is 11.2. The SMILES string of the molecule is CCOC(=O)CN(C(=O)CNC(=O)c1cccs1)[C@@H](C(=O)NC1CCCC1)c1ccccc1F. The molecule has 3 amide bonds. The van der Waals surface area contributed by atoms with E-state index in [9.17, 15) is 23.6 Å². The van der Waals surface area contributed by atoms with E-state index in [0.29, 0.717) is 4.88 Å². The highest BCUT2D eigenvalue weighted by atomic mass is 32.1. The van der Waals surface area contributed by atoms with E-state index >= 15 is 0 Å². The van der Waals surface area contributed by atoms with Crippen LogP contribution < -0.4 is 10.6 Å². The molecular formula is C24H28FN3O5S. The number of thiophene rings is 1. The monoisotopic (exact) mass is 489 g/mol. The summed E-state index contributed by atoms with van der Waals surface area (Å²) in [5.41, 5.74) is -0.0415. The maximum Gasteiger partial charge on any atom is 0.325 e. The van der Waals surface area contributed by atoms with Crippen molar-refractivity contribution in [2.24, 2.45) is 0 Å². The van der Waals surface area contributed by atoms with Crippen molar-refractivity contribution in [3.63, 3.8) is 0 Å². The molecule has 10 heteroatoms. The molecule has 182 valence electrons. The highest BCUT2D eigenvalue weighted by molar-refractivity contribution is 7.12. The second kappa shape index (κ2) is 12.3. The van der Waals surface area contributed by atoms with E-state index in [1.165, 1.54) is 29.5 Å². The summed E-state index contributed by atoms with van der Waals surface area (Å²) in [6, 6.07) is 7.45. The Balaban J connectivity index is 1.88. The second-order valence-corrected chi connectivity index (χ2v) is 8.85. The number of nitrogens with zero attached hydrogens (tertiary/aromatic N) is 1. The van der Waals surface area contributed by atoms with E-state index in [4.69, 9.17) is 4.74 Å². The smallest absolute Gasteiger partial charge is 0.325 e. The molecule has 0 aliphatic heterocycles. The van der Waals surface area contributed by atoms with Crippen LogP contribution in [0.5, 0.6) is 0 Å². The Bertz CT molecular complexity index is 1010. The van der Waals surface area contributed by atoms with Gasteiger partial charge in [-0.25, -0.2) is 4.39 Å². The number of carbonyl (C=O) groups excluding carboxylic acids is 4. The lowest BCUT2D eigenvalue weighted by molar-refractivity contribution is -0.152. The number of halogens is 1. The average molecular weight is 490 g/mol. The molecule has 0 unspecified atom stereocenters. The van der Waals surface area contributed by atoms with Crippen LogP contribution in [0.2, 0.25) is 0 Å². The van der Waals surface area contributed by atoms with E-state index in [-0.39, 0.29) is 18.2 Å². The zero-order chi connectivity index (χ0) is 24.5. The van der Waals surface area contributed by atoms with Crippen molar-refractivity contribution >= 4 is 35.0 Å². The Kier molecular flexibility index (Phi) is 9.15. The molecule has 1 saturated carbocycles. The quantitative estimate of drug-likeness (QED) is 0.500. The molecule has 1 atom stereocenters. The highest BCUT2D eigenvalue weighted by Crippen LogP contribution is 2.26. The van der Waals surface area contributed by atoms with Crippen molar-refractivity contribution in [2.45, 2.75) is 44.7 Å². The highest BCUT2D eigenvalue weighted by Gasteiger charge is 2.36. The lowest BCUT2D eigenvalue weighted by Crippen LogP contribution is -2.50. The van der Waals surface area contributed by atoms with Crippen molar-refractivity contribution in [2.75, 3.05) is 19.7 Å². The Morgan fingerprint density at radius 2 is 1.88 bits per heavy atom. The molecule has 34 heavy (non-hydrogen) atoms. The van der Waals surface area contributed by atoms with Crippen LogP contribution in [0.15, 0.2) is 41.8 Å². The summed E-state index contributed by atoms with van der Waals surface area (Å²) in [5.74, 6) is -3.18. The molecular weight excluding hydrogens is 461 g/mol. The summed E-state index contributed by atoms with van der Waals surface area (Å²) < 4.78 is 19.8. The lowest BCUT2D eigenvalue weighted by atomic mass is 10.0. The van der Waals surface area contributed by atoms with Crippen LogP contribution in [0.25, 0.3) is 0 Å². The molecule has 0 saturated heterocycles. The predicted molar refractivity (Wildman–Crippen MR) is 125 cm³/mol. The van der Waals surface area contributed by atoms with Gasteiger partial charge < -0.3 is 20.3 Å². The molecule has 1 aromatic heterocycles. The fourth-order valence-corrected chi connectivity index (χ4v) is 4.56. The normalized spacial score (nSPS) is 14.3. The topological polar surface area (TPSA) is 105 Å². The minimum absolute atomic E-state index is 0.0415. The number of esters is 1.